The highest BCUT2D eigenvalue weighted by atomic mass is 35.5. The molecule has 0 aliphatic carbocycles. The van der Waals surface area contributed by atoms with Crippen molar-refractivity contribution in [3.63, 3.8) is 0 Å². The van der Waals surface area contributed by atoms with Gasteiger partial charge in [0.25, 0.3) is 0 Å². The summed E-state index contributed by atoms with van der Waals surface area (Å²) in [6.45, 7) is 0.579. The molecule has 1 aromatic rings. The van der Waals surface area contributed by atoms with Crippen molar-refractivity contribution in [2.45, 2.75) is 6.54 Å². The van der Waals surface area contributed by atoms with Crippen molar-refractivity contribution in [1.29, 1.82) is 0 Å². The van der Waals surface area contributed by atoms with Gasteiger partial charge in [-0.1, -0.05) is 12.2 Å². The first-order chi connectivity index (χ1) is 4.29. The molecule has 0 unspecified atom stereocenters. The molecule has 0 aliphatic heterocycles. The van der Waals surface area contributed by atoms with Gasteiger partial charge in [-0.25, -0.2) is 4.98 Å². The molecular formula is C5H8ClN3S. The molecule has 0 amide bonds. The normalized spacial score (nSPS) is 8.40. The summed E-state index contributed by atoms with van der Waals surface area (Å²) < 4.78 is 1.82. The third kappa shape index (κ3) is 2.80. The topological polar surface area (TPSA) is 43.8 Å². The van der Waals surface area contributed by atoms with Crippen LogP contribution in [0.1, 0.15) is 0 Å². The maximum atomic E-state index is 5.27. The zero-order valence-electron chi connectivity index (χ0n) is 5.23. The summed E-state index contributed by atoms with van der Waals surface area (Å²) in [5.41, 5.74) is 5.27. The Kier molecular flexibility index (Phi) is 3.99. The van der Waals surface area contributed by atoms with Gasteiger partial charge in [-0.3, -0.25) is 0 Å². The van der Waals surface area contributed by atoms with E-state index in [1.54, 1.807) is 12.5 Å². The van der Waals surface area contributed by atoms with Gasteiger partial charge in [-0.15, -0.1) is 12.4 Å². The van der Waals surface area contributed by atoms with Crippen LogP contribution in [-0.4, -0.2) is 14.5 Å². The van der Waals surface area contributed by atoms with Gasteiger partial charge in [0.15, 0.2) is 0 Å². The molecule has 3 nitrogen and oxygen atoms in total. The van der Waals surface area contributed by atoms with Crippen molar-refractivity contribution in [2.75, 3.05) is 0 Å². The third-order valence-corrected chi connectivity index (χ3v) is 1.03. The number of hydrogen-bond donors (Lipinski definition) is 1. The molecule has 10 heavy (non-hydrogen) atoms. The standard InChI is InChI=1S/C5H7N3S.ClH/c6-5(9)3-8-2-1-7-4-8;/h1-2,4H,3H2,(H2,6,9);1H. The highest BCUT2D eigenvalue weighted by Gasteiger charge is 1.88. The average Bonchev–Trinajstić information content (AvgIpc) is 2.15. The van der Waals surface area contributed by atoms with Gasteiger partial charge < -0.3 is 10.3 Å². The van der Waals surface area contributed by atoms with Crippen LogP contribution in [0.5, 0.6) is 0 Å². The predicted octanol–water partition coefficient (Wildman–Crippen LogP) is 0.591. The Morgan fingerprint density at radius 3 is 2.80 bits per heavy atom. The second-order valence-electron chi connectivity index (χ2n) is 1.70. The summed E-state index contributed by atoms with van der Waals surface area (Å²) in [6, 6.07) is 0. The Balaban J connectivity index is 0.000000810. The maximum Gasteiger partial charge on any atom is 0.0949 e. The molecular weight excluding hydrogens is 170 g/mol. The summed E-state index contributed by atoms with van der Waals surface area (Å²) in [7, 11) is 0. The minimum atomic E-state index is 0. The number of rotatable bonds is 2. The van der Waals surface area contributed by atoms with Crippen LogP contribution in [0.25, 0.3) is 0 Å². The zero-order chi connectivity index (χ0) is 6.69. The summed E-state index contributed by atoms with van der Waals surface area (Å²) in [5, 5.41) is 0. The van der Waals surface area contributed by atoms with E-state index in [0.717, 1.165) is 0 Å². The maximum absolute atomic E-state index is 5.27. The lowest BCUT2D eigenvalue weighted by Crippen LogP contribution is -2.15. The highest BCUT2D eigenvalue weighted by Crippen LogP contribution is 1.83. The Labute approximate surface area is 70.7 Å². The average molecular weight is 178 g/mol. The molecule has 1 heterocycles. The molecule has 0 fully saturated rings. The van der Waals surface area contributed by atoms with Crippen molar-refractivity contribution in [1.82, 2.24) is 9.55 Å². The van der Waals surface area contributed by atoms with Crippen LogP contribution < -0.4 is 5.73 Å². The molecule has 0 spiro atoms. The van der Waals surface area contributed by atoms with Crippen LogP contribution >= 0.6 is 24.6 Å². The first kappa shape index (κ1) is 9.39. The van der Waals surface area contributed by atoms with Crippen LogP contribution in [0.3, 0.4) is 0 Å². The largest absolute Gasteiger partial charge is 0.392 e. The molecule has 0 saturated heterocycles. The highest BCUT2D eigenvalue weighted by molar-refractivity contribution is 7.80. The molecule has 1 aromatic heterocycles. The number of thiocarbonyl (C=S) groups is 1. The Morgan fingerprint density at radius 1 is 1.70 bits per heavy atom. The van der Waals surface area contributed by atoms with Gasteiger partial charge in [-0.05, 0) is 0 Å². The summed E-state index contributed by atoms with van der Waals surface area (Å²) >= 11 is 4.67. The number of halogens is 1. The van der Waals surface area contributed by atoms with Crippen LogP contribution in [0.4, 0.5) is 0 Å². The monoisotopic (exact) mass is 177 g/mol. The van der Waals surface area contributed by atoms with E-state index in [-0.39, 0.29) is 12.4 Å². The molecule has 0 aliphatic rings. The second kappa shape index (κ2) is 4.24. The quantitative estimate of drug-likeness (QED) is 0.673. The second-order valence-corrected chi connectivity index (χ2v) is 2.23. The number of nitrogens with two attached hydrogens (primary N) is 1. The van der Waals surface area contributed by atoms with E-state index >= 15 is 0 Å². The van der Waals surface area contributed by atoms with Crippen LogP contribution in [0.15, 0.2) is 18.7 Å². The van der Waals surface area contributed by atoms with E-state index in [1.165, 1.54) is 0 Å². The molecule has 0 bridgehead atoms. The van der Waals surface area contributed by atoms with E-state index in [0.29, 0.717) is 11.5 Å². The fourth-order valence-corrected chi connectivity index (χ4v) is 0.709. The minimum Gasteiger partial charge on any atom is -0.392 e. The van der Waals surface area contributed by atoms with Gasteiger partial charge >= 0.3 is 0 Å². The van der Waals surface area contributed by atoms with E-state index in [2.05, 4.69) is 17.2 Å². The van der Waals surface area contributed by atoms with Crippen LogP contribution in [-0.2, 0) is 6.54 Å². The SMILES string of the molecule is Cl.NC(=S)Cn1ccnc1. The third-order valence-electron chi connectivity index (χ3n) is 0.898. The Morgan fingerprint density at radius 2 is 2.40 bits per heavy atom. The zero-order valence-corrected chi connectivity index (χ0v) is 6.86. The Hall–Kier alpha value is -0.610. The van der Waals surface area contributed by atoms with E-state index in [4.69, 9.17) is 5.73 Å². The van der Waals surface area contributed by atoms with Crippen molar-refractivity contribution < 1.29 is 0 Å². The van der Waals surface area contributed by atoms with Crippen molar-refractivity contribution in [3.8, 4) is 0 Å². The molecule has 56 valence electrons. The lowest BCUT2D eigenvalue weighted by molar-refractivity contribution is 0.853. The number of imidazole rings is 1. The fraction of sp³-hybridized carbons (Fsp3) is 0.200. The summed E-state index contributed by atoms with van der Waals surface area (Å²) in [4.78, 5) is 4.30. The molecule has 5 heteroatoms. The minimum absolute atomic E-state index is 0. The van der Waals surface area contributed by atoms with Gasteiger partial charge in [0, 0.05) is 12.4 Å². The number of hydrogen-bond acceptors (Lipinski definition) is 2. The van der Waals surface area contributed by atoms with Crippen molar-refractivity contribution >= 4 is 29.6 Å². The van der Waals surface area contributed by atoms with E-state index < -0.39 is 0 Å². The van der Waals surface area contributed by atoms with E-state index in [1.807, 2.05) is 10.8 Å². The number of aromatic nitrogens is 2. The van der Waals surface area contributed by atoms with Crippen molar-refractivity contribution in [3.05, 3.63) is 18.7 Å². The first-order valence-corrected chi connectivity index (χ1v) is 2.94. The van der Waals surface area contributed by atoms with E-state index in [9.17, 15) is 0 Å². The summed E-state index contributed by atoms with van der Waals surface area (Å²) in [5.74, 6) is 0. The van der Waals surface area contributed by atoms with Gasteiger partial charge in [0.2, 0.25) is 0 Å². The lowest BCUT2D eigenvalue weighted by atomic mass is 10.6. The molecule has 0 aromatic carbocycles. The number of nitrogens with zero attached hydrogens (tertiary/aromatic N) is 2. The lowest BCUT2D eigenvalue weighted by Gasteiger charge is -1.95. The molecule has 2 N–H and O–H groups in total. The molecule has 1 rings (SSSR count). The van der Waals surface area contributed by atoms with Crippen molar-refractivity contribution in [2.24, 2.45) is 5.73 Å². The van der Waals surface area contributed by atoms with Crippen LogP contribution in [0, 0.1) is 0 Å². The fourth-order valence-electron chi connectivity index (χ4n) is 0.560. The van der Waals surface area contributed by atoms with Gasteiger partial charge in [-0.2, -0.15) is 0 Å². The predicted molar refractivity (Wildman–Crippen MR) is 46.3 cm³/mol. The molecule has 0 atom stereocenters. The molecule has 0 saturated carbocycles. The molecule has 0 radical (unpaired) electrons. The van der Waals surface area contributed by atoms with Gasteiger partial charge in [0.1, 0.15) is 0 Å². The summed E-state index contributed by atoms with van der Waals surface area (Å²) in [6.07, 6.45) is 5.19. The Bertz CT molecular complexity index is 197. The smallest absolute Gasteiger partial charge is 0.0949 e. The first-order valence-electron chi connectivity index (χ1n) is 2.53. The van der Waals surface area contributed by atoms with Gasteiger partial charge in [0.05, 0.1) is 17.9 Å². The van der Waals surface area contributed by atoms with Crippen LogP contribution in [0.2, 0.25) is 0 Å².